The Morgan fingerprint density at radius 3 is 2.57 bits per heavy atom. The van der Waals surface area contributed by atoms with Gasteiger partial charge >= 0.3 is 0 Å². The van der Waals surface area contributed by atoms with Gasteiger partial charge in [-0.2, -0.15) is 5.10 Å². The minimum Gasteiger partial charge on any atom is -0.368 e. The molecule has 0 atom stereocenters. The summed E-state index contributed by atoms with van der Waals surface area (Å²) >= 11 is 7.24. The maximum Gasteiger partial charge on any atom is 0.265 e. The second kappa shape index (κ2) is 10.6. The van der Waals surface area contributed by atoms with Gasteiger partial charge in [-0.1, -0.05) is 31.2 Å². The molecule has 0 aliphatic carbocycles. The van der Waals surface area contributed by atoms with Gasteiger partial charge in [-0.15, -0.1) is 11.3 Å². The second-order valence-electron chi connectivity index (χ2n) is 8.50. The van der Waals surface area contributed by atoms with Crippen LogP contribution in [-0.4, -0.2) is 52.3 Å². The lowest BCUT2D eigenvalue weighted by molar-refractivity contribution is 0.103. The molecule has 1 amide bonds. The third kappa shape index (κ3) is 5.14. The van der Waals surface area contributed by atoms with Crippen molar-refractivity contribution in [2.75, 3.05) is 41.3 Å². The van der Waals surface area contributed by atoms with Crippen LogP contribution in [0.3, 0.4) is 0 Å². The van der Waals surface area contributed by atoms with Crippen LogP contribution >= 0.6 is 22.9 Å². The predicted octanol–water partition coefficient (Wildman–Crippen LogP) is 5.95. The highest BCUT2D eigenvalue weighted by molar-refractivity contribution is 7.18. The van der Waals surface area contributed by atoms with E-state index in [9.17, 15) is 4.79 Å². The zero-order chi connectivity index (χ0) is 24.5. The summed E-state index contributed by atoms with van der Waals surface area (Å²) in [7, 11) is 0. The summed E-state index contributed by atoms with van der Waals surface area (Å²) in [5.74, 6) is 0.792. The number of benzene rings is 2. The molecule has 1 aliphatic rings. The molecule has 1 saturated heterocycles. The number of thiophene rings is 1. The molecular weight excluding hydrogens is 506 g/mol. The number of carbonyl (C=O) groups excluding carboxylic acids is 1. The van der Waals surface area contributed by atoms with Gasteiger partial charge in [-0.05, 0) is 48.0 Å². The number of anilines is 3. The average molecular weight is 532 g/mol. The number of fused-ring (bicyclic) bond motifs is 1. The SMILES string of the molecule is C.O=C(Nc1cccc(N2CCN(c3ncnc4ccc(-c5cn[nH]c5)cc34)CC2)c1)c1ccc(Cl)s1. The Morgan fingerprint density at radius 2 is 1.81 bits per heavy atom. The number of hydrogen-bond acceptors (Lipinski definition) is 7. The molecule has 1 aliphatic heterocycles. The fraction of sp³-hybridized carbons (Fsp3) is 0.185. The van der Waals surface area contributed by atoms with Gasteiger partial charge in [0.2, 0.25) is 0 Å². The van der Waals surface area contributed by atoms with Gasteiger partial charge in [0.15, 0.2) is 0 Å². The summed E-state index contributed by atoms with van der Waals surface area (Å²) in [6.07, 6.45) is 5.33. The lowest BCUT2D eigenvalue weighted by atomic mass is 10.1. The van der Waals surface area contributed by atoms with Crippen molar-refractivity contribution >= 4 is 56.9 Å². The first-order valence-electron chi connectivity index (χ1n) is 11.5. The Balaban J connectivity index is 0.00000280. The van der Waals surface area contributed by atoms with Crippen molar-refractivity contribution in [2.24, 2.45) is 0 Å². The number of hydrogen-bond donors (Lipinski definition) is 2. The Morgan fingerprint density at radius 1 is 0.973 bits per heavy atom. The second-order valence-corrected chi connectivity index (χ2v) is 10.2. The molecule has 5 aromatic rings. The summed E-state index contributed by atoms with van der Waals surface area (Å²) in [5, 5.41) is 10.9. The molecule has 6 rings (SSSR count). The number of amides is 1. The van der Waals surface area contributed by atoms with Crippen LogP contribution in [0.1, 0.15) is 17.1 Å². The van der Waals surface area contributed by atoms with Gasteiger partial charge in [-0.3, -0.25) is 9.89 Å². The fourth-order valence-corrected chi connectivity index (χ4v) is 5.41. The van der Waals surface area contributed by atoms with Gasteiger partial charge < -0.3 is 15.1 Å². The number of piperazine rings is 1. The number of halogens is 1. The Kier molecular flexibility index (Phi) is 7.07. The molecule has 37 heavy (non-hydrogen) atoms. The molecule has 0 bridgehead atoms. The fourth-order valence-electron chi connectivity index (χ4n) is 4.47. The van der Waals surface area contributed by atoms with E-state index < -0.39 is 0 Å². The molecule has 3 aromatic heterocycles. The predicted molar refractivity (Wildman–Crippen MR) is 152 cm³/mol. The zero-order valence-corrected chi connectivity index (χ0v) is 20.8. The van der Waals surface area contributed by atoms with Gasteiger partial charge in [0.05, 0.1) is 20.9 Å². The van der Waals surface area contributed by atoms with Crippen LogP contribution in [0.15, 0.2) is 73.3 Å². The van der Waals surface area contributed by atoms with E-state index in [1.54, 1.807) is 18.5 Å². The summed E-state index contributed by atoms with van der Waals surface area (Å²) < 4.78 is 0.598. The third-order valence-electron chi connectivity index (χ3n) is 6.29. The number of nitrogens with one attached hydrogen (secondary N) is 2. The van der Waals surface area contributed by atoms with Crippen LogP contribution in [0.2, 0.25) is 4.34 Å². The van der Waals surface area contributed by atoms with E-state index in [0.29, 0.717) is 9.21 Å². The van der Waals surface area contributed by atoms with Gasteiger partial charge in [-0.25, -0.2) is 9.97 Å². The van der Waals surface area contributed by atoms with Crippen molar-refractivity contribution in [3.8, 4) is 11.1 Å². The lowest BCUT2D eigenvalue weighted by Crippen LogP contribution is -2.47. The van der Waals surface area contributed by atoms with Crippen molar-refractivity contribution in [3.63, 3.8) is 0 Å². The molecule has 188 valence electrons. The smallest absolute Gasteiger partial charge is 0.265 e. The number of H-pyrrole nitrogens is 1. The monoisotopic (exact) mass is 531 g/mol. The normalized spacial score (nSPS) is 13.4. The van der Waals surface area contributed by atoms with Crippen LogP contribution in [0.4, 0.5) is 17.2 Å². The first kappa shape index (κ1) is 24.7. The molecule has 10 heteroatoms. The highest BCUT2D eigenvalue weighted by atomic mass is 35.5. The third-order valence-corrected chi connectivity index (χ3v) is 7.52. The molecule has 0 spiro atoms. The first-order chi connectivity index (χ1) is 17.6. The van der Waals surface area contributed by atoms with Crippen molar-refractivity contribution < 1.29 is 4.79 Å². The Labute approximate surface area is 223 Å². The molecule has 0 radical (unpaired) electrons. The molecule has 8 nitrogen and oxygen atoms in total. The molecule has 2 aromatic carbocycles. The molecule has 2 N–H and O–H groups in total. The van der Waals surface area contributed by atoms with Crippen LogP contribution in [0.25, 0.3) is 22.0 Å². The molecule has 1 fully saturated rings. The first-order valence-corrected chi connectivity index (χ1v) is 12.7. The number of carbonyl (C=O) groups is 1. The largest absolute Gasteiger partial charge is 0.368 e. The van der Waals surface area contributed by atoms with Crippen molar-refractivity contribution in [3.05, 3.63) is 82.5 Å². The number of nitrogens with zero attached hydrogens (tertiary/aromatic N) is 5. The van der Waals surface area contributed by atoms with Gasteiger partial charge in [0.1, 0.15) is 12.1 Å². The van der Waals surface area contributed by atoms with Crippen LogP contribution in [-0.2, 0) is 0 Å². The van der Waals surface area contributed by atoms with Gasteiger partial charge in [0, 0.05) is 54.7 Å². The van der Waals surface area contributed by atoms with Crippen LogP contribution in [0.5, 0.6) is 0 Å². The van der Waals surface area contributed by atoms with Crippen LogP contribution in [0, 0.1) is 0 Å². The van der Waals surface area contributed by atoms with Crippen molar-refractivity contribution in [1.82, 2.24) is 20.2 Å². The summed E-state index contributed by atoms with van der Waals surface area (Å²) in [6.45, 7) is 3.33. The summed E-state index contributed by atoms with van der Waals surface area (Å²) in [6, 6.07) is 17.6. The molecular formula is C27H26ClN7OS. The van der Waals surface area contributed by atoms with E-state index in [4.69, 9.17) is 11.6 Å². The summed E-state index contributed by atoms with van der Waals surface area (Å²) in [4.78, 5) is 26.9. The van der Waals surface area contributed by atoms with E-state index in [0.717, 1.165) is 65.4 Å². The average Bonchev–Trinajstić information content (AvgIpc) is 3.61. The highest BCUT2D eigenvalue weighted by Crippen LogP contribution is 2.30. The quantitative estimate of drug-likeness (QED) is 0.291. The number of aromatic nitrogens is 4. The summed E-state index contributed by atoms with van der Waals surface area (Å²) in [5.41, 5.74) is 4.87. The molecule has 0 saturated carbocycles. The minimum absolute atomic E-state index is 0. The number of aromatic amines is 1. The molecule has 4 heterocycles. The maximum atomic E-state index is 12.5. The van der Waals surface area contributed by atoms with E-state index in [1.165, 1.54) is 11.3 Å². The van der Waals surface area contributed by atoms with Gasteiger partial charge in [0.25, 0.3) is 5.91 Å². The topological polar surface area (TPSA) is 90.0 Å². The standard InChI is InChI=1S/C26H22ClN7OS.CH4/c27-24-7-6-23(36-24)26(35)32-19-2-1-3-20(13-19)33-8-10-34(11-9-33)25-21-12-17(18-14-30-31-15-18)4-5-22(21)28-16-29-25;/h1-7,12-16H,8-11H2,(H,30,31)(H,32,35);1H4. The van der Waals surface area contributed by atoms with E-state index in [1.807, 2.05) is 36.7 Å². The van der Waals surface area contributed by atoms with Crippen molar-refractivity contribution in [2.45, 2.75) is 7.43 Å². The van der Waals surface area contributed by atoms with Crippen LogP contribution < -0.4 is 15.1 Å². The van der Waals surface area contributed by atoms with E-state index in [2.05, 4.69) is 53.5 Å². The minimum atomic E-state index is -0.153. The highest BCUT2D eigenvalue weighted by Gasteiger charge is 2.21. The lowest BCUT2D eigenvalue weighted by Gasteiger charge is -2.37. The number of rotatable bonds is 5. The Bertz CT molecular complexity index is 1530. The maximum absolute atomic E-state index is 12.5. The zero-order valence-electron chi connectivity index (χ0n) is 19.2. The van der Waals surface area contributed by atoms with E-state index >= 15 is 0 Å². The Hall–Kier alpha value is -3.95. The van der Waals surface area contributed by atoms with Crippen molar-refractivity contribution in [1.29, 1.82) is 0 Å². The van der Waals surface area contributed by atoms with E-state index in [-0.39, 0.29) is 13.3 Å². The molecule has 0 unspecified atom stereocenters.